The lowest BCUT2D eigenvalue weighted by atomic mass is 10.3. The lowest BCUT2D eigenvalue weighted by Gasteiger charge is -2.13. The molecule has 0 heterocycles. The van der Waals surface area contributed by atoms with Crippen LogP contribution < -0.4 is 9.47 Å². The van der Waals surface area contributed by atoms with Crippen LogP contribution in [0.2, 0.25) is 0 Å². The van der Waals surface area contributed by atoms with Crippen molar-refractivity contribution in [1.29, 1.82) is 0 Å². The van der Waals surface area contributed by atoms with Crippen molar-refractivity contribution in [1.82, 2.24) is 0 Å². The Kier molecular flexibility index (Phi) is 6.30. The molecule has 1 unspecified atom stereocenters. The summed E-state index contributed by atoms with van der Waals surface area (Å²) in [5, 5.41) is 3.81. The second kappa shape index (κ2) is 8.72. The molecule has 0 bridgehead atoms. The van der Waals surface area contributed by atoms with E-state index in [4.69, 9.17) is 14.3 Å². The molecule has 2 rings (SSSR count). The van der Waals surface area contributed by atoms with Crippen LogP contribution in [-0.2, 0) is 4.84 Å². The molecule has 0 saturated heterocycles. The zero-order chi connectivity index (χ0) is 15.6. The fourth-order valence-corrected chi connectivity index (χ4v) is 1.75. The number of para-hydroxylation sites is 1. The first-order valence-corrected chi connectivity index (χ1v) is 7.41. The Hall–Kier alpha value is -2.49. The third-order valence-electron chi connectivity index (χ3n) is 2.78. The van der Waals surface area contributed by atoms with Crippen molar-refractivity contribution in [3.05, 3.63) is 54.6 Å². The molecule has 0 radical (unpaired) electrons. The second-order valence-corrected chi connectivity index (χ2v) is 4.81. The van der Waals surface area contributed by atoms with E-state index in [1.54, 1.807) is 6.21 Å². The molecular formula is C18H21NO3. The van der Waals surface area contributed by atoms with Crippen LogP contribution >= 0.6 is 0 Å². The molecular weight excluding hydrogens is 278 g/mol. The van der Waals surface area contributed by atoms with E-state index in [1.807, 2.05) is 68.4 Å². The normalized spacial score (nSPS) is 12.1. The van der Waals surface area contributed by atoms with Gasteiger partial charge in [0, 0.05) is 6.21 Å². The van der Waals surface area contributed by atoms with Crippen molar-refractivity contribution < 1.29 is 14.3 Å². The fourth-order valence-electron chi connectivity index (χ4n) is 1.75. The van der Waals surface area contributed by atoms with Crippen LogP contribution in [0.15, 0.2) is 59.8 Å². The van der Waals surface area contributed by atoms with Crippen LogP contribution in [0.4, 0.5) is 0 Å². The minimum Gasteiger partial charge on any atom is -0.487 e. The highest BCUT2D eigenvalue weighted by Gasteiger charge is 2.05. The Morgan fingerprint density at radius 2 is 1.59 bits per heavy atom. The van der Waals surface area contributed by atoms with Gasteiger partial charge in [0.05, 0.1) is 0 Å². The first-order valence-electron chi connectivity index (χ1n) is 7.41. The van der Waals surface area contributed by atoms with Crippen LogP contribution in [0.5, 0.6) is 17.2 Å². The van der Waals surface area contributed by atoms with Gasteiger partial charge in [-0.3, -0.25) is 0 Å². The smallest absolute Gasteiger partial charge is 0.153 e. The van der Waals surface area contributed by atoms with Crippen LogP contribution in [0.3, 0.4) is 0 Å². The molecule has 2 aromatic rings. The SMILES string of the molecule is CC/C=N/OCC(C)Oc1ccc(Oc2ccccc2)cc1. The highest BCUT2D eigenvalue weighted by Crippen LogP contribution is 2.23. The molecule has 0 aliphatic carbocycles. The van der Waals surface area contributed by atoms with E-state index in [-0.39, 0.29) is 6.10 Å². The van der Waals surface area contributed by atoms with Gasteiger partial charge >= 0.3 is 0 Å². The molecule has 0 spiro atoms. The molecule has 4 nitrogen and oxygen atoms in total. The lowest BCUT2D eigenvalue weighted by molar-refractivity contribution is 0.0635. The van der Waals surface area contributed by atoms with E-state index < -0.39 is 0 Å². The molecule has 0 fully saturated rings. The summed E-state index contributed by atoms with van der Waals surface area (Å²) in [5.41, 5.74) is 0. The van der Waals surface area contributed by atoms with E-state index in [9.17, 15) is 0 Å². The van der Waals surface area contributed by atoms with Crippen molar-refractivity contribution in [3.63, 3.8) is 0 Å². The van der Waals surface area contributed by atoms with Gasteiger partial charge in [-0.15, -0.1) is 0 Å². The van der Waals surface area contributed by atoms with Gasteiger partial charge in [-0.2, -0.15) is 0 Å². The number of hydrogen-bond donors (Lipinski definition) is 0. The summed E-state index contributed by atoms with van der Waals surface area (Å²) in [7, 11) is 0. The van der Waals surface area contributed by atoms with Gasteiger partial charge in [-0.1, -0.05) is 30.3 Å². The molecule has 0 aromatic heterocycles. The van der Waals surface area contributed by atoms with Crippen LogP contribution in [0.1, 0.15) is 20.3 Å². The summed E-state index contributed by atoms with van der Waals surface area (Å²) in [5.74, 6) is 2.36. The maximum Gasteiger partial charge on any atom is 0.153 e. The quantitative estimate of drug-likeness (QED) is 0.526. The van der Waals surface area contributed by atoms with Crippen molar-refractivity contribution in [3.8, 4) is 17.2 Å². The van der Waals surface area contributed by atoms with E-state index in [2.05, 4.69) is 5.16 Å². The van der Waals surface area contributed by atoms with Crippen LogP contribution in [0.25, 0.3) is 0 Å². The van der Waals surface area contributed by atoms with Gasteiger partial charge in [-0.05, 0) is 49.7 Å². The number of nitrogens with zero attached hydrogens (tertiary/aromatic N) is 1. The molecule has 0 aliphatic rings. The maximum absolute atomic E-state index is 5.75. The standard InChI is InChI=1S/C18H21NO3/c1-3-13-19-20-14-15(2)21-17-9-11-18(12-10-17)22-16-7-5-4-6-8-16/h4-13,15H,3,14H2,1-2H3/b19-13+. The van der Waals surface area contributed by atoms with E-state index in [0.717, 1.165) is 23.7 Å². The summed E-state index contributed by atoms with van der Waals surface area (Å²) >= 11 is 0. The summed E-state index contributed by atoms with van der Waals surface area (Å²) in [4.78, 5) is 5.13. The average molecular weight is 299 g/mol. The third-order valence-corrected chi connectivity index (χ3v) is 2.78. The summed E-state index contributed by atoms with van der Waals surface area (Å²) < 4.78 is 11.5. The zero-order valence-corrected chi connectivity index (χ0v) is 12.9. The van der Waals surface area contributed by atoms with Crippen LogP contribution in [-0.4, -0.2) is 18.9 Å². The lowest BCUT2D eigenvalue weighted by Crippen LogP contribution is -2.17. The van der Waals surface area contributed by atoms with Gasteiger partial charge in [0.25, 0.3) is 0 Å². The van der Waals surface area contributed by atoms with Gasteiger partial charge in [0.1, 0.15) is 23.4 Å². The molecule has 2 aromatic carbocycles. The molecule has 22 heavy (non-hydrogen) atoms. The third kappa shape index (κ3) is 5.48. The summed E-state index contributed by atoms with van der Waals surface area (Å²) in [6, 6.07) is 17.2. The van der Waals surface area contributed by atoms with Crippen molar-refractivity contribution in [2.45, 2.75) is 26.4 Å². The van der Waals surface area contributed by atoms with Crippen molar-refractivity contribution in [2.75, 3.05) is 6.61 Å². The largest absolute Gasteiger partial charge is 0.487 e. The first kappa shape index (κ1) is 15.9. The first-order chi connectivity index (χ1) is 10.8. The summed E-state index contributed by atoms with van der Waals surface area (Å²) in [6.07, 6.45) is 2.51. The van der Waals surface area contributed by atoms with Crippen molar-refractivity contribution in [2.24, 2.45) is 5.16 Å². The predicted octanol–water partition coefficient (Wildman–Crippen LogP) is 4.66. The van der Waals surface area contributed by atoms with E-state index in [1.165, 1.54) is 0 Å². The summed E-state index contributed by atoms with van der Waals surface area (Å²) in [6.45, 7) is 4.36. The molecule has 4 heteroatoms. The van der Waals surface area contributed by atoms with Crippen LogP contribution in [0, 0.1) is 0 Å². The number of oxime groups is 1. The van der Waals surface area contributed by atoms with Gasteiger partial charge in [-0.25, -0.2) is 0 Å². The number of ether oxygens (including phenoxy) is 2. The molecule has 0 N–H and O–H groups in total. The van der Waals surface area contributed by atoms with Gasteiger partial charge < -0.3 is 14.3 Å². The fraction of sp³-hybridized carbons (Fsp3) is 0.278. The molecule has 0 saturated carbocycles. The molecule has 0 amide bonds. The predicted molar refractivity (Wildman–Crippen MR) is 87.8 cm³/mol. The van der Waals surface area contributed by atoms with Gasteiger partial charge in [0.15, 0.2) is 6.61 Å². The monoisotopic (exact) mass is 299 g/mol. The van der Waals surface area contributed by atoms with E-state index in [0.29, 0.717) is 6.61 Å². The Bertz CT molecular complexity index is 567. The minimum absolute atomic E-state index is 0.0742. The molecule has 0 aliphatic heterocycles. The highest BCUT2D eigenvalue weighted by molar-refractivity contribution is 5.55. The maximum atomic E-state index is 5.75. The molecule has 116 valence electrons. The van der Waals surface area contributed by atoms with Gasteiger partial charge in [0.2, 0.25) is 0 Å². The number of hydrogen-bond acceptors (Lipinski definition) is 4. The second-order valence-electron chi connectivity index (χ2n) is 4.81. The zero-order valence-electron chi connectivity index (χ0n) is 12.9. The Morgan fingerprint density at radius 1 is 0.955 bits per heavy atom. The van der Waals surface area contributed by atoms with E-state index >= 15 is 0 Å². The Balaban J connectivity index is 1.82. The Labute approximate surface area is 131 Å². The number of rotatable bonds is 8. The number of benzene rings is 2. The topological polar surface area (TPSA) is 40.0 Å². The van der Waals surface area contributed by atoms with Crippen molar-refractivity contribution >= 4 is 6.21 Å². The minimum atomic E-state index is -0.0742. The highest BCUT2D eigenvalue weighted by atomic mass is 16.6. The Morgan fingerprint density at radius 3 is 2.27 bits per heavy atom. The molecule has 1 atom stereocenters. The average Bonchev–Trinajstić information content (AvgIpc) is 2.54.